The van der Waals surface area contributed by atoms with Gasteiger partial charge in [-0.2, -0.15) is 0 Å². The molecule has 0 bridgehead atoms. The van der Waals surface area contributed by atoms with Crippen molar-refractivity contribution in [2.45, 2.75) is 19.6 Å². The van der Waals surface area contributed by atoms with E-state index in [1.165, 1.54) is 30.4 Å². The van der Waals surface area contributed by atoms with Crippen molar-refractivity contribution in [3.05, 3.63) is 60.9 Å². The molecule has 3 heterocycles. The van der Waals surface area contributed by atoms with E-state index in [4.69, 9.17) is 0 Å². The number of aromatic nitrogens is 2. The molecule has 0 saturated carbocycles. The monoisotopic (exact) mass is 318 g/mol. The van der Waals surface area contributed by atoms with Crippen molar-refractivity contribution in [1.29, 1.82) is 0 Å². The van der Waals surface area contributed by atoms with Crippen LogP contribution in [0.3, 0.4) is 0 Å². The maximum atomic E-state index is 4.60. The summed E-state index contributed by atoms with van der Waals surface area (Å²) in [5, 5.41) is 2.44. The van der Waals surface area contributed by atoms with Gasteiger partial charge >= 0.3 is 0 Å². The van der Waals surface area contributed by atoms with Gasteiger partial charge in [-0.3, -0.25) is 9.97 Å². The zero-order valence-electron chi connectivity index (χ0n) is 11.5. The Balaban J connectivity index is 1.78. The number of hydrogen-bond donors (Lipinski definition) is 0. The number of para-hydroxylation sites is 2. The Bertz CT molecular complexity index is 958. The summed E-state index contributed by atoms with van der Waals surface area (Å²) in [5.74, 6) is 0. The summed E-state index contributed by atoms with van der Waals surface area (Å²) < 4.78 is 0. The maximum Gasteiger partial charge on any atom is 0.0714 e. The van der Waals surface area contributed by atoms with Gasteiger partial charge in [0.2, 0.25) is 0 Å². The van der Waals surface area contributed by atoms with Crippen LogP contribution in [-0.2, 0) is 0 Å². The van der Waals surface area contributed by atoms with E-state index in [9.17, 15) is 0 Å². The molecule has 2 aromatic heterocycles. The van der Waals surface area contributed by atoms with E-state index in [1.54, 1.807) is 23.5 Å². The third kappa shape index (κ3) is 1.77. The van der Waals surface area contributed by atoms with Crippen LogP contribution in [0.4, 0.5) is 0 Å². The molecular formula is C18H10N2S2. The van der Waals surface area contributed by atoms with Crippen LogP contribution in [0.1, 0.15) is 0 Å². The van der Waals surface area contributed by atoms with E-state index in [1.807, 2.05) is 24.5 Å². The molecule has 4 aromatic rings. The van der Waals surface area contributed by atoms with Crippen molar-refractivity contribution in [2.24, 2.45) is 0 Å². The minimum Gasteiger partial charge on any atom is -0.255 e. The Labute approximate surface area is 136 Å². The van der Waals surface area contributed by atoms with Crippen LogP contribution < -0.4 is 0 Å². The Hall–Kier alpha value is -2.04. The predicted molar refractivity (Wildman–Crippen MR) is 91.7 cm³/mol. The van der Waals surface area contributed by atoms with Crippen LogP contribution in [0.5, 0.6) is 0 Å². The minimum atomic E-state index is 1.05. The second kappa shape index (κ2) is 4.73. The second-order valence-electron chi connectivity index (χ2n) is 5.14. The first kappa shape index (κ1) is 12.5. The van der Waals surface area contributed by atoms with Gasteiger partial charge in [-0.1, -0.05) is 59.9 Å². The minimum absolute atomic E-state index is 1.05. The molecule has 104 valence electrons. The summed E-state index contributed by atoms with van der Waals surface area (Å²) in [7, 11) is 0. The summed E-state index contributed by atoms with van der Waals surface area (Å²) in [6, 6.07) is 16.6. The van der Waals surface area contributed by atoms with E-state index in [-0.39, 0.29) is 0 Å². The fourth-order valence-electron chi connectivity index (χ4n) is 2.77. The molecule has 0 unspecified atom stereocenters. The van der Waals surface area contributed by atoms with Crippen molar-refractivity contribution in [1.82, 2.24) is 9.97 Å². The molecule has 2 nitrogen and oxygen atoms in total. The van der Waals surface area contributed by atoms with Gasteiger partial charge in [0.05, 0.1) is 11.0 Å². The normalized spacial score (nSPS) is 13.1. The fraction of sp³-hybridized carbons (Fsp3) is 0. The van der Waals surface area contributed by atoms with Gasteiger partial charge in [0, 0.05) is 42.7 Å². The molecule has 0 radical (unpaired) electrons. The first-order valence-electron chi connectivity index (χ1n) is 7.01. The zero-order chi connectivity index (χ0) is 14.5. The molecule has 0 spiro atoms. The molecule has 22 heavy (non-hydrogen) atoms. The second-order valence-corrected chi connectivity index (χ2v) is 7.25. The highest BCUT2D eigenvalue weighted by Gasteiger charge is 2.21. The standard InChI is InChI=1S/C18H10N2S2/c1-3-7-13-11(5-1)17-15(9-19-13)22-18-12-6-2-4-8-14(12)20-10-16(18)21-17/h1-10H. The average molecular weight is 318 g/mol. The van der Waals surface area contributed by atoms with Crippen molar-refractivity contribution < 1.29 is 0 Å². The van der Waals surface area contributed by atoms with E-state index in [2.05, 4.69) is 46.4 Å². The number of fused-ring (bicyclic) bond motifs is 6. The highest BCUT2D eigenvalue weighted by molar-refractivity contribution is 8.05. The molecule has 4 heteroatoms. The average Bonchev–Trinajstić information content (AvgIpc) is 2.60. The van der Waals surface area contributed by atoms with Crippen LogP contribution in [0.25, 0.3) is 21.8 Å². The Morgan fingerprint density at radius 1 is 0.591 bits per heavy atom. The summed E-state index contributed by atoms with van der Waals surface area (Å²) in [5.41, 5.74) is 2.10. The van der Waals surface area contributed by atoms with E-state index in [0.717, 1.165) is 11.0 Å². The number of benzene rings is 2. The van der Waals surface area contributed by atoms with Gasteiger partial charge in [-0.25, -0.2) is 0 Å². The summed E-state index contributed by atoms with van der Waals surface area (Å²) >= 11 is 3.61. The van der Waals surface area contributed by atoms with Crippen LogP contribution in [0.2, 0.25) is 0 Å². The molecule has 2 aromatic carbocycles. The molecule has 1 aliphatic heterocycles. The molecule has 0 N–H and O–H groups in total. The van der Waals surface area contributed by atoms with Crippen molar-refractivity contribution in [3.8, 4) is 0 Å². The fourth-order valence-corrected chi connectivity index (χ4v) is 5.20. The van der Waals surface area contributed by atoms with Gasteiger partial charge in [0.1, 0.15) is 0 Å². The predicted octanol–water partition coefficient (Wildman–Crippen LogP) is 5.40. The van der Waals surface area contributed by atoms with E-state index in [0.29, 0.717) is 0 Å². The first-order chi connectivity index (χ1) is 10.9. The van der Waals surface area contributed by atoms with Gasteiger partial charge < -0.3 is 0 Å². The van der Waals surface area contributed by atoms with Gasteiger partial charge in [-0.15, -0.1) is 0 Å². The molecule has 0 amide bonds. The highest BCUT2D eigenvalue weighted by atomic mass is 32.2. The lowest BCUT2D eigenvalue weighted by molar-refractivity contribution is 1.13. The van der Waals surface area contributed by atoms with Crippen molar-refractivity contribution >= 4 is 45.3 Å². The largest absolute Gasteiger partial charge is 0.255 e. The molecule has 1 aliphatic rings. The van der Waals surface area contributed by atoms with Crippen molar-refractivity contribution in [3.63, 3.8) is 0 Å². The number of hydrogen-bond acceptors (Lipinski definition) is 4. The topological polar surface area (TPSA) is 25.8 Å². The summed E-state index contributed by atoms with van der Waals surface area (Å²) in [6.45, 7) is 0. The van der Waals surface area contributed by atoms with Crippen LogP contribution in [0, 0.1) is 0 Å². The summed E-state index contributed by atoms with van der Waals surface area (Å²) in [4.78, 5) is 14.2. The zero-order valence-corrected chi connectivity index (χ0v) is 13.1. The number of rotatable bonds is 0. The molecule has 0 aliphatic carbocycles. The third-order valence-corrected chi connectivity index (χ3v) is 6.42. The van der Waals surface area contributed by atoms with Crippen molar-refractivity contribution in [2.75, 3.05) is 0 Å². The molecule has 5 rings (SSSR count). The maximum absolute atomic E-state index is 4.60. The highest BCUT2D eigenvalue weighted by Crippen LogP contribution is 2.51. The molecule has 0 atom stereocenters. The van der Waals surface area contributed by atoms with Crippen LogP contribution in [-0.4, -0.2) is 9.97 Å². The lowest BCUT2D eigenvalue weighted by Gasteiger charge is -2.20. The van der Waals surface area contributed by atoms with Crippen LogP contribution >= 0.6 is 23.5 Å². The number of pyridine rings is 2. The van der Waals surface area contributed by atoms with Crippen LogP contribution in [0.15, 0.2) is 80.5 Å². The lowest BCUT2D eigenvalue weighted by Crippen LogP contribution is -1.94. The van der Waals surface area contributed by atoms with Gasteiger partial charge in [-0.05, 0) is 12.1 Å². The van der Waals surface area contributed by atoms with Gasteiger partial charge in [0.15, 0.2) is 0 Å². The quantitative estimate of drug-likeness (QED) is 0.382. The SMILES string of the molecule is c1ccc2c3c(cnc2c1)Sc1c(cnc2ccccc12)S3. The molecule has 0 fully saturated rings. The smallest absolute Gasteiger partial charge is 0.0714 e. The van der Waals surface area contributed by atoms with E-state index < -0.39 is 0 Å². The lowest BCUT2D eigenvalue weighted by atomic mass is 10.2. The van der Waals surface area contributed by atoms with E-state index >= 15 is 0 Å². The van der Waals surface area contributed by atoms with Gasteiger partial charge in [0.25, 0.3) is 0 Å². The Morgan fingerprint density at radius 3 is 1.55 bits per heavy atom. The third-order valence-electron chi connectivity index (χ3n) is 3.81. The molecular weight excluding hydrogens is 308 g/mol. The Kier molecular flexibility index (Phi) is 2.69. The first-order valence-corrected chi connectivity index (χ1v) is 8.65. The number of nitrogens with zero attached hydrogens (tertiary/aromatic N) is 2. The Morgan fingerprint density at radius 2 is 1.05 bits per heavy atom. The molecule has 0 saturated heterocycles. The summed E-state index contributed by atoms with van der Waals surface area (Å²) in [6.07, 6.45) is 3.99.